The highest BCUT2D eigenvalue weighted by molar-refractivity contribution is 5.80. The van der Waals surface area contributed by atoms with Crippen molar-refractivity contribution in [3.05, 3.63) is 114 Å². The van der Waals surface area contributed by atoms with Gasteiger partial charge in [0.05, 0.1) is 11.0 Å². The number of rotatable bonds is 6. The smallest absolute Gasteiger partial charge is 0.138 e. The largest absolute Gasteiger partial charge is 0.338 e. The number of halogens is 1. The number of nitrogens with zero attached hydrogens (tertiary/aromatic N) is 1. The Labute approximate surface area is 180 Å². The summed E-state index contributed by atoms with van der Waals surface area (Å²) in [5, 5.41) is 3.48. The molecule has 2 N–H and O–H groups in total. The van der Waals surface area contributed by atoms with Crippen LogP contribution in [0.4, 0.5) is 4.39 Å². The minimum atomic E-state index is -0.267. The highest BCUT2D eigenvalue weighted by atomic mass is 19.1. The van der Waals surface area contributed by atoms with Crippen molar-refractivity contribution in [1.82, 2.24) is 15.3 Å². The van der Waals surface area contributed by atoms with Gasteiger partial charge in [0.15, 0.2) is 0 Å². The van der Waals surface area contributed by atoms with Gasteiger partial charge in [0.25, 0.3) is 0 Å². The van der Waals surface area contributed by atoms with E-state index in [2.05, 4.69) is 75.9 Å². The van der Waals surface area contributed by atoms with E-state index in [9.17, 15) is 4.39 Å². The maximum Gasteiger partial charge on any atom is 0.138 e. The van der Waals surface area contributed by atoms with Gasteiger partial charge in [-0.1, -0.05) is 78.9 Å². The lowest BCUT2D eigenvalue weighted by atomic mass is 10.0. The molecule has 4 aromatic carbocycles. The summed E-state index contributed by atoms with van der Waals surface area (Å²) >= 11 is 0. The molecule has 0 aliphatic carbocycles. The molecule has 31 heavy (non-hydrogen) atoms. The van der Waals surface area contributed by atoms with E-state index in [1.54, 1.807) is 6.07 Å². The minimum absolute atomic E-state index is 0.267. The molecule has 5 rings (SSSR count). The minimum Gasteiger partial charge on any atom is -0.338 e. The lowest BCUT2D eigenvalue weighted by Crippen LogP contribution is -2.12. The molecule has 5 aromatic rings. The standard InChI is InChI=1S/C27H22FN3/c28-24-14-15-25-26(16-24)31-27(30-25)23-12-10-22(11-13-23)21-8-6-20(7-9-21)18-29-17-19-4-2-1-3-5-19/h1-16,29H,17-18H2,(H,30,31). The zero-order chi connectivity index (χ0) is 21.0. The van der Waals surface area contributed by atoms with Crippen LogP contribution in [0.5, 0.6) is 0 Å². The summed E-state index contributed by atoms with van der Waals surface area (Å²) in [4.78, 5) is 7.75. The van der Waals surface area contributed by atoms with Crippen molar-refractivity contribution in [3.8, 4) is 22.5 Å². The fourth-order valence-corrected chi connectivity index (χ4v) is 3.70. The number of imidazole rings is 1. The molecule has 0 spiro atoms. The number of hydrogen-bond donors (Lipinski definition) is 2. The summed E-state index contributed by atoms with van der Waals surface area (Å²) < 4.78 is 13.4. The first-order valence-corrected chi connectivity index (χ1v) is 10.3. The summed E-state index contributed by atoms with van der Waals surface area (Å²) in [6.45, 7) is 1.69. The Kier molecular flexibility index (Phi) is 5.29. The monoisotopic (exact) mass is 407 g/mol. The number of fused-ring (bicyclic) bond motifs is 1. The Morgan fingerprint density at radius 3 is 2.00 bits per heavy atom. The number of H-pyrrole nitrogens is 1. The molecule has 0 radical (unpaired) electrons. The average Bonchev–Trinajstić information content (AvgIpc) is 3.24. The molecule has 3 nitrogen and oxygen atoms in total. The number of aromatic nitrogens is 2. The topological polar surface area (TPSA) is 40.7 Å². The van der Waals surface area contributed by atoms with Crippen molar-refractivity contribution in [1.29, 1.82) is 0 Å². The fraction of sp³-hybridized carbons (Fsp3) is 0.0741. The van der Waals surface area contributed by atoms with Gasteiger partial charge in [-0.15, -0.1) is 0 Å². The summed E-state index contributed by atoms with van der Waals surface area (Å²) in [6.07, 6.45) is 0. The molecule has 0 atom stereocenters. The van der Waals surface area contributed by atoms with Crippen molar-refractivity contribution < 1.29 is 4.39 Å². The molecule has 0 bridgehead atoms. The molecule has 0 saturated heterocycles. The quantitative estimate of drug-likeness (QED) is 0.345. The first kappa shape index (κ1) is 19.2. The molecule has 4 heteroatoms. The van der Waals surface area contributed by atoms with Gasteiger partial charge >= 0.3 is 0 Å². The Morgan fingerprint density at radius 1 is 0.677 bits per heavy atom. The van der Waals surface area contributed by atoms with Crippen molar-refractivity contribution in [2.45, 2.75) is 13.1 Å². The SMILES string of the molecule is Fc1ccc2nc(-c3ccc(-c4ccc(CNCc5ccccc5)cc4)cc3)[nH]c2c1. The molecular formula is C27H22FN3. The Balaban J connectivity index is 1.26. The molecular weight excluding hydrogens is 385 g/mol. The first-order chi connectivity index (χ1) is 15.2. The average molecular weight is 407 g/mol. The summed E-state index contributed by atoms with van der Waals surface area (Å²) in [5.41, 5.74) is 7.30. The highest BCUT2D eigenvalue weighted by Crippen LogP contribution is 2.25. The van der Waals surface area contributed by atoms with Crippen LogP contribution in [0.3, 0.4) is 0 Å². The first-order valence-electron chi connectivity index (χ1n) is 10.3. The van der Waals surface area contributed by atoms with Crippen LogP contribution in [0, 0.1) is 5.82 Å². The van der Waals surface area contributed by atoms with Crippen LogP contribution in [0.1, 0.15) is 11.1 Å². The normalized spacial score (nSPS) is 11.1. The van der Waals surface area contributed by atoms with Crippen molar-refractivity contribution in [3.63, 3.8) is 0 Å². The van der Waals surface area contributed by atoms with E-state index in [0.29, 0.717) is 5.52 Å². The van der Waals surface area contributed by atoms with E-state index in [1.807, 2.05) is 18.2 Å². The van der Waals surface area contributed by atoms with Crippen molar-refractivity contribution in [2.75, 3.05) is 0 Å². The fourth-order valence-electron chi connectivity index (χ4n) is 3.70. The van der Waals surface area contributed by atoms with Gasteiger partial charge in [-0.3, -0.25) is 0 Å². The van der Waals surface area contributed by atoms with Gasteiger partial charge in [0.2, 0.25) is 0 Å². The van der Waals surface area contributed by atoms with Crippen LogP contribution >= 0.6 is 0 Å². The molecule has 0 fully saturated rings. The molecule has 0 aliphatic heterocycles. The molecule has 1 heterocycles. The zero-order valence-corrected chi connectivity index (χ0v) is 17.0. The van der Waals surface area contributed by atoms with Crippen molar-refractivity contribution in [2.24, 2.45) is 0 Å². The Hall–Kier alpha value is -3.76. The lowest BCUT2D eigenvalue weighted by molar-refractivity contribution is 0.629. The predicted molar refractivity (Wildman–Crippen MR) is 124 cm³/mol. The van der Waals surface area contributed by atoms with E-state index in [1.165, 1.54) is 28.8 Å². The molecule has 0 saturated carbocycles. The van der Waals surface area contributed by atoms with Crippen LogP contribution in [0.15, 0.2) is 97.1 Å². The second kappa shape index (κ2) is 8.54. The van der Waals surface area contributed by atoms with E-state index < -0.39 is 0 Å². The number of aromatic amines is 1. The van der Waals surface area contributed by atoms with Crippen LogP contribution in [0.2, 0.25) is 0 Å². The van der Waals surface area contributed by atoms with Crippen LogP contribution in [-0.2, 0) is 13.1 Å². The number of hydrogen-bond acceptors (Lipinski definition) is 2. The summed E-state index contributed by atoms with van der Waals surface area (Å²) in [7, 11) is 0. The van der Waals surface area contributed by atoms with E-state index in [4.69, 9.17) is 0 Å². The highest BCUT2D eigenvalue weighted by Gasteiger charge is 2.07. The molecule has 152 valence electrons. The maximum absolute atomic E-state index is 13.4. The van der Waals surface area contributed by atoms with Gasteiger partial charge in [-0.2, -0.15) is 0 Å². The van der Waals surface area contributed by atoms with Crippen LogP contribution in [-0.4, -0.2) is 9.97 Å². The second-order valence-electron chi connectivity index (χ2n) is 7.61. The van der Waals surface area contributed by atoms with E-state index in [-0.39, 0.29) is 5.82 Å². The van der Waals surface area contributed by atoms with E-state index >= 15 is 0 Å². The van der Waals surface area contributed by atoms with Gasteiger partial charge in [-0.25, -0.2) is 9.37 Å². The van der Waals surface area contributed by atoms with Gasteiger partial charge in [0.1, 0.15) is 11.6 Å². The summed E-state index contributed by atoms with van der Waals surface area (Å²) in [6, 6.07) is 31.9. The number of benzene rings is 4. The second-order valence-corrected chi connectivity index (χ2v) is 7.61. The Morgan fingerprint density at radius 2 is 1.29 bits per heavy atom. The van der Waals surface area contributed by atoms with Crippen LogP contribution in [0.25, 0.3) is 33.5 Å². The number of nitrogens with one attached hydrogen (secondary N) is 2. The molecule has 0 aliphatic rings. The maximum atomic E-state index is 13.4. The van der Waals surface area contributed by atoms with Gasteiger partial charge < -0.3 is 10.3 Å². The third-order valence-electron chi connectivity index (χ3n) is 5.39. The lowest BCUT2D eigenvalue weighted by Gasteiger charge is -2.07. The van der Waals surface area contributed by atoms with Gasteiger partial charge in [-0.05, 0) is 40.5 Å². The third kappa shape index (κ3) is 4.39. The zero-order valence-electron chi connectivity index (χ0n) is 17.0. The third-order valence-corrected chi connectivity index (χ3v) is 5.39. The molecule has 0 unspecified atom stereocenters. The predicted octanol–water partition coefficient (Wildman–Crippen LogP) is 6.33. The Bertz CT molecular complexity index is 1290. The summed E-state index contributed by atoms with van der Waals surface area (Å²) in [5.74, 6) is 0.476. The van der Waals surface area contributed by atoms with E-state index in [0.717, 1.165) is 35.6 Å². The molecule has 0 amide bonds. The van der Waals surface area contributed by atoms with Crippen LogP contribution < -0.4 is 5.32 Å². The molecule has 1 aromatic heterocycles. The van der Waals surface area contributed by atoms with Crippen molar-refractivity contribution >= 4 is 11.0 Å². The van der Waals surface area contributed by atoms with Gasteiger partial charge in [0, 0.05) is 18.7 Å².